The SMILES string of the molecule is NC(=O)C[C@H](NC(=O)OCC1c2ccccc2-c2ccccc21)C(=O)N[C@@H](Cc1ccccc1)C(=O)OCc1ccccc1. The molecular weight excluding hydrogens is 558 g/mol. The fourth-order valence-electron chi connectivity index (χ4n) is 5.34. The van der Waals surface area contributed by atoms with Crippen molar-refractivity contribution in [3.05, 3.63) is 131 Å². The largest absolute Gasteiger partial charge is 0.459 e. The summed E-state index contributed by atoms with van der Waals surface area (Å²) in [4.78, 5) is 51.3. The first-order chi connectivity index (χ1) is 21.4. The molecule has 44 heavy (non-hydrogen) atoms. The Balaban J connectivity index is 1.25. The van der Waals surface area contributed by atoms with Gasteiger partial charge in [-0.1, -0.05) is 109 Å². The predicted molar refractivity (Wildman–Crippen MR) is 164 cm³/mol. The summed E-state index contributed by atoms with van der Waals surface area (Å²) in [6.45, 7) is 0.0385. The van der Waals surface area contributed by atoms with Gasteiger partial charge in [0, 0.05) is 12.3 Å². The predicted octanol–water partition coefficient (Wildman–Crippen LogP) is 4.24. The second kappa shape index (κ2) is 14.2. The first kappa shape index (κ1) is 30.0. The second-order valence-corrected chi connectivity index (χ2v) is 10.5. The summed E-state index contributed by atoms with van der Waals surface area (Å²) < 4.78 is 11.1. The van der Waals surface area contributed by atoms with Crippen molar-refractivity contribution in [2.45, 2.75) is 37.5 Å². The maximum absolute atomic E-state index is 13.4. The average molecular weight is 592 g/mol. The van der Waals surface area contributed by atoms with E-state index in [1.807, 2.05) is 109 Å². The van der Waals surface area contributed by atoms with Crippen LogP contribution in [0.15, 0.2) is 109 Å². The Labute approximate surface area is 255 Å². The minimum atomic E-state index is -1.37. The van der Waals surface area contributed by atoms with E-state index in [1.165, 1.54) is 0 Å². The van der Waals surface area contributed by atoms with Crippen molar-refractivity contribution in [2.24, 2.45) is 5.73 Å². The summed E-state index contributed by atoms with van der Waals surface area (Å²) in [5.74, 6) is -2.43. The maximum Gasteiger partial charge on any atom is 0.407 e. The van der Waals surface area contributed by atoms with Crippen LogP contribution in [-0.2, 0) is 36.9 Å². The van der Waals surface area contributed by atoms with Crippen LogP contribution in [0, 0.1) is 0 Å². The molecule has 0 spiro atoms. The second-order valence-electron chi connectivity index (χ2n) is 10.5. The zero-order valence-corrected chi connectivity index (χ0v) is 24.0. The highest BCUT2D eigenvalue weighted by Crippen LogP contribution is 2.44. The first-order valence-corrected chi connectivity index (χ1v) is 14.3. The number of ether oxygens (including phenoxy) is 2. The fraction of sp³-hybridized carbons (Fsp3) is 0.200. The maximum atomic E-state index is 13.4. The van der Waals surface area contributed by atoms with Crippen molar-refractivity contribution < 1.29 is 28.7 Å². The van der Waals surface area contributed by atoms with E-state index in [1.54, 1.807) is 0 Å². The molecule has 0 aromatic heterocycles. The molecule has 0 saturated carbocycles. The number of benzene rings is 4. The molecule has 9 heteroatoms. The molecule has 4 N–H and O–H groups in total. The molecule has 0 aliphatic heterocycles. The Hall–Kier alpha value is -5.44. The van der Waals surface area contributed by atoms with Crippen LogP contribution in [0.5, 0.6) is 0 Å². The quantitative estimate of drug-likeness (QED) is 0.211. The van der Waals surface area contributed by atoms with Crippen LogP contribution in [0.25, 0.3) is 11.1 Å². The molecule has 2 atom stereocenters. The lowest BCUT2D eigenvalue weighted by molar-refractivity contribution is -0.149. The lowest BCUT2D eigenvalue weighted by atomic mass is 9.98. The van der Waals surface area contributed by atoms with E-state index in [4.69, 9.17) is 15.2 Å². The van der Waals surface area contributed by atoms with E-state index in [9.17, 15) is 19.2 Å². The lowest BCUT2D eigenvalue weighted by Crippen LogP contribution is -2.53. The van der Waals surface area contributed by atoms with Gasteiger partial charge in [0.05, 0.1) is 6.42 Å². The zero-order chi connectivity index (χ0) is 30.9. The van der Waals surface area contributed by atoms with Gasteiger partial charge in [0.2, 0.25) is 11.8 Å². The number of fused-ring (bicyclic) bond motifs is 3. The standard InChI is InChI=1S/C35H33N3O6/c36-32(39)20-30(38-35(42)44-22-29-27-17-9-7-15-25(27)26-16-8-10-18-28(26)29)33(40)37-31(19-23-11-3-1-4-12-23)34(41)43-21-24-13-5-2-6-14-24/h1-18,29-31H,19-22H2,(H2,36,39)(H,37,40)(H,38,42)/t30-,31-/m0/s1. The molecule has 0 heterocycles. The van der Waals surface area contributed by atoms with Gasteiger partial charge in [-0.25, -0.2) is 9.59 Å². The molecule has 5 rings (SSSR count). The van der Waals surface area contributed by atoms with Crippen molar-refractivity contribution in [3.63, 3.8) is 0 Å². The Morgan fingerprint density at radius 1 is 0.659 bits per heavy atom. The van der Waals surface area contributed by atoms with Gasteiger partial charge < -0.3 is 25.8 Å². The third kappa shape index (κ3) is 7.49. The van der Waals surface area contributed by atoms with E-state index >= 15 is 0 Å². The van der Waals surface area contributed by atoms with Crippen molar-refractivity contribution in [1.29, 1.82) is 0 Å². The van der Waals surface area contributed by atoms with Crippen molar-refractivity contribution >= 4 is 23.9 Å². The van der Waals surface area contributed by atoms with Crippen LogP contribution >= 0.6 is 0 Å². The topological polar surface area (TPSA) is 137 Å². The van der Waals surface area contributed by atoms with Crippen molar-refractivity contribution in [3.8, 4) is 11.1 Å². The lowest BCUT2D eigenvalue weighted by Gasteiger charge is -2.22. The summed E-state index contributed by atoms with van der Waals surface area (Å²) in [6, 6.07) is 31.6. The Morgan fingerprint density at radius 2 is 1.20 bits per heavy atom. The summed E-state index contributed by atoms with van der Waals surface area (Å²) in [7, 11) is 0. The molecule has 9 nitrogen and oxygen atoms in total. The van der Waals surface area contributed by atoms with Gasteiger partial charge in [0.1, 0.15) is 25.3 Å². The molecule has 0 unspecified atom stereocenters. The number of nitrogens with two attached hydrogens (primary N) is 1. The normalized spacial score (nSPS) is 13.1. The number of hydrogen-bond donors (Lipinski definition) is 3. The molecule has 1 aliphatic rings. The van der Waals surface area contributed by atoms with E-state index in [-0.39, 0.29) is 25.6 Å². The van der Waals surface area contributed by atoms with Gasteiger partial charge in [-0.15, -0.1) is 0 Å². The molecule has 3 amide bonds. The summed E-state index contributed by atoms with van der Waals surface area (Å²) in [6.07, 6.45) is -1.25. The van der Waals surface area contributed by atoms with Crippen LogP contribution in [0.1, 0.15) is 34.6 Å². The van der Waals surface area contributed by atoms with Crippen molar-refractivity contribution in [1.82, 2.24) is 10.6 Å². The van der Waals surface area contributed by atoms with Gasteiger partial charge in [-0.2, -0.15) is 0 Å². The number of primary amides is 1. The average Bonchev–Trinajstić information content (AvgIpc) is 3.36. The fourth-order valence-corrected chi connectivity index (χ4v) is 5.34. The Bertz CT molecular complexity index is 1580. The van der Waals surface area contributed by atoms with Crippen LogP contribution in [0.2, 0.25) is 0 Å². The van der Waals surface area contributed by atoms with E-state index in [0.717, 1.165) is 33.4 Å². The number of alkyl carbamates (subject to hydrolysis) is 1. The van der Waals surface area contributed by atoms with Crippen molar-refractivity contribution in [2.75, 3.05) is 6.61 Å². The number of esters is 1. The molecule has 0 bridgehead atoms. The molecule has 4 aromatic rings. The van der Waals surface area contributed by atoms with Crippen LogP contribution in [0.4, 0.5) is 4.79 Å². The Kier molecular flexibility index (Phi) is 9.66. The molecule has 224 valence electrons. The highest BCUT2D eigenvalue weighted by molar-refractivity contribution is 5.93. The number of nitrogens with one attached hydrogen (secondary N) is 2. The van der Waals surface area contributed by atoms with Gasteiger partial charge >= 0.3 is 12.1 Å². The number of hydrogen-bond acceptors (Lipinski definition) is 6. The minimum absolute atomic E-state index is 0.0174. The zero-order valence-electron chi connectivity index (χ0n) is 24.0. The van der Waals surface area contributed by atoms with Gasteiger partial charge in [-0.05, 0) is 33.4 Å². The number of rotatable bonds is 12. The van der Waals surface area contributed by atoms with E-state index in [0.29, 0.717) is 0 Å². The summed E-state index contributed by atoms with van der Waals surface area (Å²) >= 11 is 0. The molecule has 0 saturated heterocycles. The van der Waals surface area contributed by atoms with E-state index < -0.39 is 42.4 Å². The Morgan fingerprint density at radius 3 is 1.80 bits per heavy atom. The third-order valence-corrected chi connectivity index (χ3v) is 7.47. The van der Waals surface area contributed by atoms with Crippen LogP contribution in [0.3, 0.4) is 0 Å². The van der Waals surface area contributed by atoms with Crippen LogP contribution in [-0.4, -0.2) is 42.6 Å². The molecular formula is C35H33N3O6. The van der Waals surface area contributed by atoms with E-state index in [2.05, 4.69) is 10.6 Å². The highest BCUT2D eigenvalue weighted by Gasteiger charge is 2.32. The van der Waals surface area contributed by atoms with Crippen LogP contribution < -0.4 is 16.4 Å². The monoisotopic (exact) mass is 591 g/mol. The minimum Gasteiger partial charge on any atom is -0.459 e. The first-order valence-electron chi connectivity index (χ1n) is 14.3. The van der Waals surface area contributed by atoms with Gasteiger partial charge in [0.15, 0.2) is 0 Å². The number of carbonyl (C=O) groups is 4. The molecule has 4 aromatic carbocycles. The smallest absolute Gasteiger partial charge is 0.407 e. The molecule has 0 fully saturated rings. The number of amides is 3. The van der Waals surface area contributed by atoms with Gasteiger partial charge in [0.25, 0.3) is 0 Å². The number of carbonyl (C=O) groups excluding carboxylic acids is 4. The highest BCUT2D eigenvalue weighted by atomic mass is 16.5. The molecule has 0 radical (unpaired) electrons. The van der Waals surface area contributed by atoms with Gasteiger partial charge in [-0.3, -0.25) is 9.59 Å². The molecule has 1 aliphatic carbocycles. The summed E-state index contributed by atoms with van der Waals surface area (Å²) in [5.41, 5.74) is 11.2. The third-order valence-electron chi connectivity index (χ3n) is 7.47. The summed E-state index contributed by atoms with van der Waals surface area (Å²) in [5, 5.41) is 5.10.